The van der Waals surface area contributed by atoms with Crippen LogP contribution in [0.1, 0.15) is 30.0 Å². The molecule has 0 radical (unpaired) electrons. The Balaban J connectivity index is 1.76. The van der Waals surface area contributed by atoms with Gasteiger partial charge in [0.25, 0.3) is 5.91 Å². The molecule has 1 amide bonds. The van der Waals surface area contributed by atoms with Gasteiger partial charge in [-0.2, -0.15) is 5.10 Å². The number of benzene rings is 2. The second-order valence-corrected chi connectivity index (χ2v) is 7.90. The van der Waals surface area contributed by atoms with E-state index in [0.717, 1.165) is 22.6 Å². The van der Waals surface area contributed by atoms with Gasteiger partial charge in [-0.15, -0.1) is 0 Å². The number of methoxy groups -OCH3 is 1. The number of carbonyl (C=O) groups excluding carboxylic acids is 1. The third kappa shape index (κ3) is 4.77. The molecular weight excluding hydrogens is 418 g/mol. The van der Waals surface area contributed by atoms with E-state index in [1.807, 2.05) is 75.5 Å². The van der Waals surface area contributed by atoms with Gasteiger partial charge in [-0.3, -0.25) is 4.79 Å². The minimum absolute atomic E-state index is 0.0692. The summed E-state index contributed by atoms with van der Waals surface area (Å²) < 4.78 is 18.6. The predicted octanol–water partition coefficient (Wildman–Crippen LogP) is 5.53. The predicted molar refractivity (Wildman–Crippen MR) is 125 cm³/mol. The van der Waals surface area contributed by atoms with Crippen molar-refractivity contribution < 1.29 is 18.7 Å². The van der Waals surface area contributed by atoms with Gasteiger partial charge in [0.2, 0.25) is 5.88 Å². The van der Waals surface area contributed by atoms with Gasteiger partial charge in [0, 0.05) is 18.7 Å². The van der Waals surface area contributed by atoms with Crippen LogP contribution in [0.4, 0.5) is 0 Å². The van der Waals surface area contributed by atoms with Crippen LogP contribution in [-0.4, -0.2) is 33.7 Å². The van der Waals surface area contributed by atoms with Crippen molar-refractivity contribution in [1.82, 2.24) is 14.7 Å². The number of furan rings is 1. The largest absolute Gasteiger partial charge is 0.497 e. The molecule has 0 atom stereocenters. The van der Waals surface area contributed by atoms with E-state index in [-0.39, 0.29) is 11.9 Å². The monoisotopic (exact) mass is 445 g/mol. The summed E-state index contributed by atoms with van der Waals surface area (Å²) in [5.74, 6) is 2.07. The molecule has 4 rings (SSSR count). The first-order valence-corrected chi connectivity index (χ1v) is 10.8. The SMILES string of the molecule is COc1ccc(Oc2c(CN(C(=O)c3ccco3)C(C)C)c(-c3ccccc3)nn2C)cc1. The van der Waals surface area contributed by atoms with E-state index in [2.05, 4.69) is 0 Å². The van der Waals surface area contributed by atoms with Crippen LogP contribution in [0.3, 0.4) is 0 Å². The Kier molecular flexibility index (Phi) is 6.49. The number of aromatic nitrogens is 2. The van der Waals surface area contributed by atoms with Crippen molar-refractivity contribution in [2.45, 2.75) is 26.4 Å². The fraction of sp³-hybridized carbons (Fsp3) is 0.231. The number of amides is 1. The van der Waals surface area contributed by atoms with E-state index in [1.165, 1.54) is 6.26 Å². The summed E-state index contributed by atoms with van der Waals surface area (Å²) in [4.78, 5) is 14.9. The maximum absolute atomic E-state index is 13.2. The van der Waals surface area contributed by atoms with Crippen molar-refractivity contribution in [3.05, 3.63) is 84.3 Å². The molecule has 170 valence electrons. The highest BCUT2D eigenvalue weighted by Crippen LogP contribution is 2.35. The van der Waals surface area contributed by atoms with Crippen molar-refractivity contribution in [2.75, 3.05) is 7.11 Å². The normalized spacial score (nSPS) is 10.9. The van der Waals surface area contributed by atoms with E-state index in [4.69, 9.17) is 19.0 Å². The number of hydrogen-bond acceptors (Lipinski definition) is 5. The third-order valence-electron chi connectivity index (χ3n) is 5.35. The average molecular weight is 446 g/mol. The maximum Gasteiger partial charge on any atom is 0.290 e. The number of aryl methyl sites for hydroxylation is 1. The maximum atomic E-state index is 13.2. The van der Waals surface area contributed by atoms with Crippen molar-refractivity contribution in [3.8, 4) is 28.6 Å². The van der Waals surface area contributed by atoms with Gasteiger partial charge >= 0.3 is 0 Å². The van der Waals surface area contributed by atoms with Crippen molar-refractivity contribution in [2.24, 2.45) is 7.05 Å². The van der Waals surface area contributed by atoms with Crippen LogP contribution < -0.4 is 9.47 Å². The molecule has 0 spiro atoms. The Hall–Kier alpha value is -4.00. The summed E-state index contributed by atoms with van der Waals surface area (Å²) in [6.07, 6.45) is 1.50. The van der Waals surface area contributed by atoms with E-state index in [0.29, 0.717) is 23.9 Å². The lowest BCUT2D eigenvalue weighted by molar-refractivity contribution is 0.0656. The third-order valence-corrected chi connectivity index (χ3v) is 5.35. The molecular formula is C26H27N3O4. The molecule has 0 saturated heterocycles. The van der Waals surface area contributed by atoms with Crippen LogP contribution in [0.5, 0.6) is 17.4 Å². The second-order valence-electron chi connectivity index (χ2n) is 7.90. The molecule has 0 fully saturated rings. The van der Waals surface area contributed by atoms with Crippen LogP contribution in [0.25, 0.3) is 11.3 Å². The number of carbonyl (C=O) groups is 1. The molecule has 0 bridgehead atoms. The lowest BCUT2D eigenvalue weighted by Gasteiger charge is -2.26. The Morgan fingerprint density at radius 3 is 2.33 bits per heavy atom. The molecule has 33 heavy (non-hydrogen) atoms. The van der Waals surface area contributed by atoms with Gasteiger partial charge in [-0.25, -0.2) is 4.68 Å². The number of hydrogen-bond donors (Lipinski definition) is 0. The van der Waals surface area contributed by atoms with E-state index in [9.17, 15) is 4.79 Å². The number of ether oxygens (including phenoxy) is 2. The molecule has 2 aromatic carbocycles. The fourth-order valence-electron chi connectivity index (χ4n) is 3.61. The minimum Gasteiger partial charge on any atom is -0.497 e. The summed E-state index contributed by atoms with van der Waals surface area (Å²) >= 11 is 0. The van der Waals surface area contributed by atoms with Gasteiger partial charge in [0.15, 0.2) is 5.76 Å². The molecule has 2 aromatic heterocycles. The summed E-state index contributed by atoms with van der Waals surface area (Å²) in [5.41, 5.74) is 2.52. The number of rotatable bonds is 8. The zero-order chi connectivity index (χ0) is 23.4. The van der Waals surface area contributed by atoms with Crippen LogP contribution in [0.15, 0.2) is 77.4 Å². The molecule has 0 saturated carbocycles. The Morgan fingerprint density at radius 2 is 1.73 bits per heavy atom. The smallest absolute Gasteiger partial charge is 0.290 e. The van der Waals surface area contributed by atoms with Crippen LogP contribution in [0.2, 0.25) is 0 Å². The highest BCUT2D eigenvalue weighted by atomic mass is 16.5. The molecule has 2 heterocycles. The van der Waals surface area contributed by atoms with Crippen molar-refractivity contribution in [1.29, 1.82) is 0 Å². The van der Waals surface area contributed by atoms with E-state index in [1.54, 1.807) is 28.8 Å². The molecule has 0 aliphatic rings. The highest BCUT2D eigenvalue weighted by Gasteiger charge is 2.27. The lowest BCUT2D eigenvalue weighted by Crippen LogP contribution is -2.36. The molecule has 0 aliphatic carbocycles. The minimum atomic E-state index is -0.187. The molecule has 0 N–H and O–H groups in total. The Bertz CT molecular complexity index is 1200. The molecule has 0 aliphatic heterocycles. The van der Waals surface area contributed by atoms with E-state index < -0.39 is 0 Å². The molecule has 4 aromatic rings. The first-order valence-electron chi connectivity index (χ1n) is 10.8. The van der Waals surface area contributed by atoms with Gasteiger partial charge in [0.1, 0.15) is 17.2 Å². The van der Waals surface area contributed by atoms with Gasteiger partial charge in [-0.1, -0.05) is 30.3 Å². The highest BCUT2D eigenvalue weighted by molar-refractivity contribution is 5.91. The Labute approximate surface area is 193 Å². The lowest BCUT2D eigenvalue weighted by atomic mass is 10.1. The first-order chi connectivity index (χ1) is 16.0. The summed E-state index contributed by atoms with van der Waals surface area (Å²) in [5, 5.41) is 4.75. The second kappa shape index (κ2) is 9.65. The summed E-state index contributed by atoms with van der Waals surface area (Å²) in [6, 6.07) is 20.6. The van der Waals surface area contributed by atoms with Crippen LogP contribution in [-0.2, 0) is 13.6 Å². The quantitative estimate of drug-likeness (QED) is 0.357. The summed E-state index contributed by atoms with van der Waals surface area (Å²) in [7, 11) is 3.46. The van der Waals surface area contributed by atoms with Crippen LogP contribution in [0, 0.1) is 0 Å². The summed E-state index contributed by atoms with van der Waals surface area (Å²) in [6.45, 7) is 4.26. The fourth-order valence-corrected chi connectivity index (χ4v) is 3.61. The molecule has 7 heteroatoms. The van der Waals surface area contributed by atoms with Crippen LogP contribution >= 0.6 is 0 Å². The number of nitrogens with zero attached hydrogens (tertiary/aromatic N) is 3. The standard InChI is InChI=1S/C26H27N3O4/c1-18(2)29(25(30)23-11-8-16-32-23)17-22-24(19-9-6-5-7-10-19)27-28(3)26(22)33-21-14-12-20(31-4)13-15-21/h5-16,18H,17H2,1-4H3. The zero-order valence-corrected chi connectivity index (χ0v) is 19.2. The van der Waals surface area contributed by atoms with Gasteiger partial charge in [-0.05, 0) is 50.2 Å². The molecule has 0 unspecified atom stereocenters. The Morgan fingerprint density at radius 1 is 1.03 bits per heavy atom. The van der Waals surface area contributed by atoms with E-state index >= 15 is 0 Å². The molecule has 7 nitrogen and oxygen atoms in total. The van der Waals surface area contributed by atoms with Crippen molar-refractivity contribution >= 4 is 5.91 Å². The topological polar surface area (TPSA) is 69.7 Å². The van der Waals surface area contributed by atoms with Gasteiger partial charge in [0.05, 0.1) is 25.5 Å². The first kappa shape index (κ1) is 22.2. The average Bonchev–Trinajstić information content (AvgIpc) is 3.47. The zero-order valence-electron chi connectivity index (χ0n) is 19.2. The van der Waals surface area contributed by atoms with Crippen molar-refractivity contribution in [3.63, 3.8) is 0 Å². The van der Waals surface area contributed by atoms with Gasteiger partial charge < -0.3 is 18.8 Å².